The molecule has 3 rings (SSSR count). The highest BCUT2D eigenvalue weighted by atomic mass is 16.4. The molecule has 71 heavy (non-hydrogen) atoms. The first-order valence-electron chi connectivity index (χ1n) is 23.1. The van der Waals surface area contributed by atoms with Crippen LogP contribution in [-0.2, 0) is 62.4 Å². The Bertz CT molecular complexity index is 2300. The molecule has 0 fully saturated rings. The fourth-order valence-electron chi connectivity index (χ4n) is 7.04. The van der Waals surface area contributed by atoms with Crippen LogP contribution in [0.5, 0.6) is 11.5 Å². The molecule has 386 valence electrons. The van der Waals surface area contributed by atoms with Crippen molar-refractivity contribution in [2.45, 2.75) is 122 Å². The maximum absolute atomic E-state index is 14.1. The van der Waals surface area contributed by atoms with E-state index in [0.717, 1.165) is 0 Å². The lowest BCUT2D eigenvalue weighted by atomic mass is 9.96. The van der Waals surface area contributed by atoms with Gasteiger partial charge in [-0.1, -0.05) is 95.1 Å². The van der Waals surface area contributed by atoms with Crippen LogP contribution >= 0.6 is 0 Å². The van der Waals surface area contributed by atoms with Gasteiger partial charge >= 0.3 is 11.9 Å². The zero-order valence-corrected chi connectivity index (χ0v) is 40.2. The highest BCUT2D eigenvalue weighted by Gasteiger charge is 2.36. The minimum atomic E-state index is -1.82. The molecule has 0 saturated carbocycles. The van der Waals surface area contributed by atoms with Crippen molar-refractivity contribution in [1.82, 2.24) is 37.2 Å². The Morgan fingerprint density at radius 2 is 0.944 bits per heavy atom. The van der Waals surface area contributed by atoms with Crippen molar-refractivity contribution in [3.63, 3.8) is 0 Å². The molecular formula is C49H66N8O14. The van der Waals surface area contributed by atoms with E-state index < -0.39 is 121 Å². The van der Waals surface area contributed by atoms with Crippen LogP contribution < -0.4 is 43.0 Å². The van der Waals surface area contributed by atoms with Gasteiger partial charge in [0.15, 0.2) is 0 Å². The van der Waals surface area contributed by atoms with Gasteiger partial charge in [0.2, 0.25) is 41.4 Å². The number of rotatable bonds is 28. The minimum absolute atomic E-state index is 0.0752. The molecular weight excluding hydrogens is 925 g/mol. The molecule has 3 aromatic carbocycles. The molecule has 3 aromatic rings. The van der Waals surface area contributed by atoms with E-state index in [0.29, 0.717) is 29.5 Å². The van der Waals surface area contributed by atoms with Crippen molar-refractivity contribution < 1.29 is 68.7 Å². The van der Waals surface area contributed by atoms with Crippen molar-refractivity contribution in [1.29, 1.82) is 0 Å². The summed E-state index contributed by atoms with van der Waals surface area (Å²) in [5.74, 6) is -10.5. The number of nitrogens with one attached hydrogen (secondary N) is 7. The van der Waals surface area contributed by atoms with Gasteiger partial charge in [0, 0.05) is 19.3 Å². The van der Waals surface area contributed by atoms with E-state index in [1.165, 1.54) is 55.5 Å². The maximum atomic E-state index is 14.1. The number of hydrogen-bond donors (Lipinski definition) is 13. The van der Waals surface area contributed by atoms with E-state index >= 15 is 0 Å². The van der Waals surface area contributed by atoms with Gasteiger partial charge in [0.25, 0.3) is 0 Å². The number of aliphatic carboxylic acids is 2. The van der Waals surface area contributed by atoms with Gasteiger partial charge in [-0.15, -0.1) is 0 Å². The molecule has 0 saturated heterocycles. The molecule has 0 aliphatic heterocycles. The number of phenols is 2. The topological polar surface area (TPSA) is 365 Å². The van der Waals surface area contributed by atoms with Gasteiger partial charge in [-0.2, -0.15) is 0 Å². The van der Waals surface area contributed by atoms with Gasteiger partial charge in [-0.3, -0.25) is 38.4 Å². The quantitative estimate of drug-likeness (QED) is 0.0437. The molecule has 0 aliphatic rings. The third kappa shape index (κ3) is 19.0. The summed E-state index contributed by atoms with van der Waals surface area (Å²) >= 11 is 0. The third-order valence-corrected chi connectivity index (χ3v) is 11.8. The van der Waals surface area contributed by atoms with Gasteiger partial charge < -0.3 is 68.5 Å². The number of carbonyl (C=O) groups excluding carboxylic acids is 7. The molecule has 0 unspecified atom stereocenters. The average Bonchev–Trinajstić information content (AvgIpc) is 3.33. The second-order valence-electron chi connectivity index (χ2n) is 17.4. The van der Waals surface area contributed by atoms with Gasteiger partial charge in [-0.05, 0) is 59.7 Å². The number of aliphatic hydroxyl groups is 1. The Kier molecular flexibility index (Phi) is 22.9. The molecule has 7 amide bonds. The van der Waals surface area contributed by atoms with Gasteiger partial charge in [0.1, 0.15) is 47.8 Å². The lowest BCUT2D eigenvalue weighted by Crippen LogP contribution is -2.61. The number of nitrogens with two attached hydrogens (primary N) is 1. The first-order valence-corrected chi connectivity index (χ1v) is 23.1. The van der Waals surface area contributed by atoms with Crippen molar-refractivity contribution >= 4 is 53.3 Å². The predicted octanol–water partition coefficient (Wildman–Crippen LogP) is -0.490. The summed E-state index contributed by atoms with van der Waals surface area (Å²) in [6, 6.07) is 9.31. The molecule has 22 heteroatoms. The number of carbonyl (C=O) groups is 9. The zero-order chi connectivity index (χ0) is 52.9. The highest BCUT2D eigenvalue weighted by Crippen LogP contribution is 2.16. The monoisotopic (exact) mass is 990 g/mol. The van der Waals surface area contributed by atoms with Gasteiger partial charge in [-0.25, -0.2) is 4.79 Å². The van der Waals surface area contributed by atoms with E-state index in [-0.39, 0.29) is 36.7 Å². The number of aliphatic hydroxyl groups excluding tert-OH is 1. The van der Waals surface area contributed by atoms with Crippen LogP contribution in [0.2, 0.25) is 0 Å². The number of amides is 7. The van der Waals surface area contributed by atoms with Crippen molar-refractivity contribution in [3.8, 4) is 11.5 Å². The van der Waals surface area contributed by atoms with E-state index in [4.69, 9.17) is 5.73 Å². The Hall–Kier alpha value is -7.59. The number of carboxylic acid groups (broad SMARTS) is 2. The molecule has 0 aromatic heterocycles. The van der Waals surface area contributed by atoms with E-state index in [2.05, 4.69) is 37.2 Å². The average molecular weight is 991 g/mol. The zero-order valence-electron chi connectivity index (χ0n) is 40.2. The van der Waals surface area contributed by atoms with E-state index in [1.807, 2.05) is 6.92 Å². The summed E-state index contributed by atoms with van der Waals surface area (Å²) in [6.45, 7) is 7.42. The first kappa shape index (κ1) is 57.7. The van der Waals surface area contributed by atoms with Crippen molar-refractivity contribution in [2.75, 3.05) is 6.54 Å². The minimum Gasteiger partial charge on any atom is -0.508 e. The fraction of sp³-hybridized carbons (Fsp3) is 0.449. The van der Waals surface area contributed by atoms with Crippen molar-refractivity contribution in [2.24, 2.45) is 17.6 Å². The summed E-state index contributed by atoms with van der Waals surface area (Å²) in [5, 5.41) is 66.8. The fourth-order valence-corrected chi connectivity index (χ4v) is 7.04. The van der Waals surface area contributed by atoms with Crippen LogP contribution in [0.3, 0.4) is 0 Å². The standard InChI is InChI=1S/C49H66N8O14/c1-6-26(3)40(50)46(67)57-42(28(5)58)48(69)54-35(22-31-15-19-33(60)20-16-31)45(66)56-41(27(4)7-2)47(68)51-25-38(61)52-34(21-30-13-17-32(59)18-14-30)43(64)53-36(24-39(62)63)44(65)55-37(49(70)71)23-29-11-9-8-10-12-29/h8-20,26-28,34-37,40-42,58-60H,6-7,21-25,50H2,1-5H3,(H,51,68)(H,52,61)(H,53,64)(H,54,69)(H,55,65)(H,56,66)(H,57,67)(H,62,63)(H,70,71)/t26-,27-,28+,34-,35-,36-,37-,40-,41-,42-/m0/s1. The number of phenolic OH excluding ortho intramolecular Hbond substituents is 2. The number of aromatic hydroxyl groups is 2. The van der Waals surface area contributed by atoms with Crippen molar-refractivity contribution in [3.05, 3.63) is 95.6 Å². The third-order valence-electron chi connectivity index (χ3n) is 11.8. The molecule has 0 radical (unpaired) electrons. The number of hydrogen-bond acceptors (Lipinski definition) is 13. The Labute approximate surface area is 410 Å². The molecule has 22 nitrogen and oxygen atoms in total. The van der Waals surface area contributed by atoms with E-state index in [9.17, 15) is 68.7 Å². The second-order valence-corrected chi connectivity index (χ2v) is 17.4. The summed E-state index contributed by atoms with van der Waals surface area (Å²) in [6.07, 6.45) is -2.16. The SMILES string of the molecule is CC[C@H](C)[C@H](N)C(=O)N[C@H](C(=O)N[C@@H](Cc1ccc(O)cc1)C(=O)N[C@H](C(=O)NCC(=O)N[C@@H](Cc1ccc(O)cc1)C(=O)N[C@@H](CC(=O)O)C(=O)N[C@@H](Cc1ccccc1)C(=O)O)[C@@H](C)CC)[C@@H](C)O. The van der Waals surface area contributed by atoms with Crippen LogP contribution in [-0.4, -0.2) is 134 Å². The summed E-state index contributed by atoms with van der Waals surface area (Å²) in [7, 11) is 0. The van der Waals surface area contributed by atoms with Crippen LogP contribution in [0.25, 0.3) is 0 Å². The summed E-state index contributed by atoms with van der Waals surface area (Å²) < 4.78 is 0. The first-order chi connectivity index (χ1) is 33.5. The number of carboxylic acids is 2. The van der Waals surface area contributed by atoms with E-state index in [1.54, 1.807) is 51.1 Å². The second kappa shape index (κ2) is 28.2. The van der Waals surface area contributed by atoms with Crippen LogP contribution in [0, 0.1) is 11.8 Å². The summed E-state index contributed by atoms with van der Waals surface area (Å²) in [4.78, 5) is 119. The molecule has 0 aliphatic carbocycles. The molecule has 0 heterocycles. The van der Waals surface area contributed by atoms with Gasteiger partial charge in [0.05, 0.1) is 25.1 Å². The molecule has 0 spiro atoms. The molecule has 10 atom stereocenters. The predicted molar refractivity (Wildman–Crippen MR) is 257 cm³/mol. The Morgan fingerprint density at radius 1 is 0.507 bits per heavy atom. The lowest BCUT2D eigenvalue weighted by molar-refractivity contribution is -0.143. The largest absolute Gasteiger partial charge is 0.508 e. The van der Waals surface area contributed by atoms with Crippen LogP contribution in [0.1, 0.15) is 70.6 Å². The highest BCUT2D eigenvalue weighted by molar-refractivity contribution is 5.97. The Balaban J connectivity index is 1.83. The lowest BCUT2D eigenvalue weighted by Gasteiger charge is -2.29. The maximum Gasteiger partial charge on any atom is 0.326 e. The van der Waals surface area contributed by atoms with Crippen LogP contribution in [0.15, 0.2) is 78.9 Å². The normalized spacial score (nSPS) is 15.3. The smallest absolute Gasteiger partial charge is 0.326 e. The molecule has 14 N–H and O–H groups in total. The summed E-state index contributed by atoms with van der Waals surface area (Å²) in [5.41, 5.74) is 7.47. The number of benzene rings is 3. The Morgan fingerprint density at radius 3 is 1.44 bits per heavy atom. The molecule has 0 bridgehead atoms. The van der Waals surface area contributed by atoms with Crippen LogP contribution in [0.4, 0.5) is 0 Å².